The van der Waals surface area contributed by atoms with Crippen molar-refractivity contribution >= 4 is 11.9 Å². The van der Waals surface area contributed by atoms with Crippen LogP contribution >= 0.6 is 0 Å². The molecule has 126 valence electrons. The van der Waals surface area contributed by atoms with Crippen molar-refractivity contribution < 1.29 is 24.0 Å². The number of aliphatic carboxylic acids is 1. The van der Waals surface area contributed by atoms with Crippen LogP contribution in [0.1, 0.15) is 30.4 Å². The van der Waals surface area contributed by atoms with Crippen LogP contribution in [0.25, 0.3) is 11.5 Å². The molecule has 0 radical (unpaired) electrons. The number of benzene rings is 1. The van der Waals surface area contributed by atoms with Crippen molar-refractivity contribution in [2.45, 2.75) is 31.8 Å². The fourth-order valence-corrected chi connectivity index (χ4v) is 2.43. The lowest BCUT2D eigenvalue weighted by Crippen LogP contribution is -2.45. The van der Waals surface area contributed by atoms with Crippen molar-refractivity contribution in [2.24, 2.45) is 0 Å². The van der Waals surface area contributed by atoms with E-state index in [2.05, 4.69) is 10.1 Å². The first-order valence-electron chi connectivity index (χ1n) is 7.55. The van der Waals surface area contributed by atoms with Gasteiger partial charge in [-0.15, -0.1) is 0 Å². The number of carbonyl (C=O) groups excluding carboxylic acids is 1. The summed E-state index contributed by atoms with van der Waals surface area (Å²) in [6.45, 7) is 1.47. The quantitative estimate of drug-likeness (QED) is 0.860. The number of hydrogen-bond donors (Lipinski definition) is 1. The molecule has 0 saturated heterocycles. The van der Waals surface area contributed by atoms with Crippen LogP contribution < -0.4 is 4.74 Å². The van der Waals surface area contributed by atoms with Gasteiger partial charge in [0.15, 0.2) is 0 Å². The predicted octanol–water partition coefficient (Wildman–Crippen LogP) is 1.82. The topological polar surface area (TPSA) is 106 Å². The van der Waals surface area contributed by atoms with Gasteiger partial charge in [-0.25, -0.2) is 4.79 Å². The fraction of sp³-hybridized carbons (Fsp3) is 0.375. The number of carboxylic acids is 1. The van der Waals surface area contributed by atoms with Crippen molar-refractivity contribution in [2.75, 3.05) is 7.11 Å². The Morgan fingerprint density at radius 2 is 2.17 bits per heavy atom. The van der Waals surface area contributed by atoms with Gasteiger partial charge < -0.3 is 19.3 Å². The minimum Gasteiger partial charge on any atom is -0.497 e. The molecule has 8 heteroatoms. The lowest BCUT2D eigenvalue weighted by atomic mass is 10.2. The Morgan fingerprint density at radius 1 is 1.42 bits per heavy atom. The first kappa shape index (κ1) is 16.0. The van der Waals surface area contributed by atoms with Crippen molar-refractivity contribution in [1.82, 2.24) is 15.0 Å². The molecule has 1 aromatic carbocycles. The molecule has 1 saturated carbocycles. The van der Waals surface area contributed by atoms with Crippen molar-refractivity contribution in [3.63, 3.8) is 0 Å². The van der Waals surface area contributed by atoms with Crippen LogP contribution in [-0.2, 0) is 4.79 Å². The summed E-state index contributed by atoms with van der Waals surface area (Å²) in [5.41, 5.74) is 0.616. The maximum atomic E-state index is 12.6. The number of hydrogen-bond acceptors (Lipinski definition) is 6. The number of methoxy groups -OCH3 is 1. The summed E-state index contributed by atoms with van der Waals surface area (Å²) in [5, 5.41) is 12.9. The van der Waals surface area contributed by atoms with E-state index in [1.165, 1.54) is 11.8 Å². The highest BCUT2D eigenvalue weighted by Crippen LogP contribution is 2.30. The van der Waals surface area contributed by atoms with Crippen LogP contribution in [-0.4, -0.2) is 51.2 Å². The van der Waals surface area contributed by atoms with E-state index in [0.29, 0.717) is 11.3 Å². The minimum atomic E-state index is -1.06. The van der Waals surface area contributed by atoms with Gasteiger partial charge in [-0.2, -0.15) is 4.98 Å². The summed E-state index contributed by atoms with van der Waals surface area (Å²) >= 11 is 0. The number of carboxylic acid groups (broad SMARTS) is 1. The zero-order chi connectivity index (χ0) is 17.3. The van der Waals surface area contributed by atoms with E-state index in [-0.39, 0.29) is 17.8 Å². The first-order chi connectivity index (χ1) is 11.5. The smallest absolute Gasteiger partial charge is 0.326 e. The zero-order valence-corrected chi connectivity index (χ0v) is 13.3. The Balaban J connectivity index is 1.86. The Kier molecular flexibility index (Phi) is 4.20. The van der Waals surface area contributed by atoms with E-state index < -0.39 is 17.9 Å². The molecule has 0 spiro atoms. The molecule has 0 aliphatic heterocycles. The number of ether oxygens (including phenoxy) is 1. The van der Waals surface area contributed by atoms with E-state index >= 15 is 0 Å². The van der Waals surface area contributed by atoms with Crippen molar-refractivity contribution in [3.8, 4) is 17.2 Å². The van der Waals surface area contributed by atoms with E-state index in [4.69, 9.17) is 9.26 Å². The normalized spacial score (nSPS) is 14.9. The average Bonchev–Trinajstić information content (AvgIpc) is 3.29. The van der Waals surface area contributed by atoms with Crippen LogP contribution in [0.2, 0.25) is 0 Å². The second-order valence-corrected chi connectivity index (χ2v) is 5.61. The van der Waals surface area contributed by atoms with Gasteiger partial charge in [-0.1, -0.05) is 11.2 Å². The maximum absolute atomic E-state index is 12.6. The molecule has 1 aliphatic carbocycles. The first-order valence-corrected chi connectivity index (χ1v) is 7.55. The highest BCUT2D eigenvalue weighted by molar-refractivity contribution is 5.94. The Labute approximate surface area is 138 Å². The van der Waals surface area contributed by atoms with E-state index in [1.54, 1.807) is 31.4 Å². The SMILES string of the molecule is COc1cccc(-c2nc(C(=O)N(C3CC3)C(C)C(=O)O)no2)c1. The largest absolute Gasteiger partial charge is 0.497 e. The summed E-state index contributed by atoms with van der Waals surface area (Å²) in [7, 11) is 1.54. The molecule has 2 aromatic rings. The van der Waals surface area contributed by atoms with Gasteiger partial charge in [0.2, 0.25) is 0 Å². The minimum absolute atomic E-state index is 0.0811. The highest BCUT2D eigenvalue weighted by atomic mass is 16.5. The molecule has 1 heterocycles. The van der Waals surface area contributed by atoms with E-state index in [1.807, 2.05) is 0 Å². The van der Waals surface area contributed by atoms with Crippen LogP contribution in [0.4, 0.5) is 0 Å². The predicted molar refractivity (Wildman–Crippen MR) is 82.6 cm³/mol. The zero-order valence-electron chi connectivity index (χ0n) is 13.3. The number of rotatable bonds is 6. The molecular formula is C16H17N3O5. The lowest BCUT2D eigenvalue weighted by molar-refractivity contribution is -0.141. The van der Waals surface area contributed by atoms with Crippen LogP contribution in [0.5, 0.6) is 5.75 Å². The Hall–Kier alpha value is -2.90. The van der Waals surface area contributed by atoms with Gasteiger partial charge in [0.1, 0.15) is 11.8 Å². The molecule has 0 bridgehead atoms. The van der Waals surface area contributed by atoms with Crippen LogP contribution in [0.3, 0.4) is 0 Å². The fourth-order valence-electron chi connectivity index (χ4n) is 2.43. The third kappa shape index (κ3) is 3.08. The molecule has 1 N–H and O–H groups in total. The Morgan fingerprint density at radius 3 is 2.79 bits per heavy atom. The van der Waals surface area contributed by atoms with Crippen LogP contribution in [0.15, 0.2) is 28.8 Å². The summed E-state index contributed by atoms with van der Waals surface area (Å²) in [6, 6.07) is 5.98. The molecule has 1 atom stereocenters. The molecule has 1 unspecified atom stereocenters. The number of carbonyl (C=O) groups is 2. The summed E-state index contributed by atoms with van der Waals surface area (Å²) < 4.78 is 10.3. The monoisotopic (exact) mass is 331 g/mol. The Bertz CT molecular complexity index is 769. The van der Waals surface area contributed by atoms with Gasteiger partial charge in [0, 0.05) is 11.6 Å². The van der Waals surface area contributed by atoms with Crippen molar-refractivity contribution in [3.05, 3.63) is 30.1 Å². The summed E-state index contributed by atoms with van der Waals surface area (Å²) in [5.74, 6) is -0.946. The number of amides is 1. The standard InChI is InChI=1S/C16H17N3O5/c1-9(16(21)22)19(11-6-7-11)15(20)13-17-14(24-18-13)10-4-3-5-12(8-10)23-2/h3-5,8-9,11H,6-7H2,1-2H3,(H,21,22). The van der Waals surface area contributed by atoms with E-state index in [9.17, 15) is 14.7 Å². The second-order valence-electron chi connectivity index (χ2n) is 5.61. The summed E-state index contributed by atoms with van der Waals surface area (Å²) in [4.78, 5) is 29.2. The number of aromatic nitrogens is 2. The van der Waals surface area contributed by atoms with Gasteiger partial charge in [0.05, 0.1) is 7.11 Å². The van der Waals surface area contributed by atoms with Crippen LogP contribution in [0, 0.1) is 0 Å². The highest BCUT2D eigenvalue weighted by Gasteiger charge is 2.40. The molecule has 3 rings (SSSR count). The number of nitrogens with zero attached hydrogens (tertiary/aromatic N) is 3. The molecule has 1 aromatic heterocycles. The van der Waals surface area contributed by atoms with Gasteiger partial charge in [-0.05, 0) is 38.0 Å². The van der Waals surface area contributed by atoms with Gasteiger partial charge in [0.25, 0.3) is 17.6 Å². The molecular weight excluding hydrogens is 314 g/mol. The molecule has 24 heavy (non-hydrogen) atoms. The molecule has 8 nitrogen and oxygen atoms in total. The lowest BCUT2D eigenvalue weighted by Gasteiger charge is -2.24. The summed E-state index contributed by atoms with van der Waals surface area (Å²) in [6.07, 6.45) is 1.56. The second kappa shape index (κ2) is 6.31. The molecule has 1 aliphatic rings. The third-order valence-corrected chi connectivity index (χ3v) is 3.88. The maximum Gasteiger partial charge on any atom is 0.326 e. The molecule has 1 fully saturated rings. The van der Waals surface area contributed by atoms with Gasteiger partial charge >= 0.3 is 5.97 Å². The van der Waals surface area contributed by atoms with E-state index in [0.717, 1.165) is 12.8 Å². The van der Waals surface area contributed by atoms with Crippen molar-refractivity contribution in [1.29, 1.82) is 0 Å². The molecule has 1 amide bonds. The van der Waals surface area contributed by atoms with Gasteiger partial charge in [-0.3, -0.25) is 4.79 Å². The third-order valence-electron chi connectivity index (χ3n) is 3.88. The average molecular weight is 331 g/mol.